The van der Waals surface area contributed by atoms with Gasteiger partial charge in [-0.05, 0) is 60.6 Å². The first-order chi connectivity index (χ1) is 17.2. The molecule has 196 valence electrons. The van der Waals surface area contributed by atoms with Crippen molar-refractivity contribution in [3.63, 3.8) is 0 Å². The SMILES string of the molecule is CCC(C)(C)n1nnnc1[C@@H](C(C)C)N(CCN1CCOCC1)Cc1cc2cccc(C)c2[nH]c1=O. The van der Waals surface area contributed by atoms with Crippen molar-refractivity contribution in [2.24, 2.45) is 5.92 Å². The van der Waals surface area contributed by atoms with Crippen LogP contribution in [0.15, 0.2) is 29.1 Å². The number of morpholine rings is 1. The van der Waals surface area contributed by atoms with Crippen LogP contribution in [0.2, 0.25) is 0 Å². The van der Waals surface area contributed by atoms with E-state index in [9.17, 15) is 4.79 Å². The van der Waals surface area contributed by atoms with Gasteiger partial charge < -0.3 is 9.72 Å². The summed E-state index contributed by atoms with van der Waals surface area (Å²) in [7, 11) is 0. The van der Waals surface area contributed by atoms with Crippen LogP contribution < -0.4 is 5.56 Å². The van der Waals surface area contributed by atoms with E-state index in [1.165, 1.54) is 0 Å². The number of aromatic amines is 1. The molecule has 0 aliphatic carbocycles. The number of nitrogens with zero attached hydrogens (tertiary/aromatic N) is 6. The Morgan fingerprint density at radius 1 is 1.22 bits per heavy atom. The van der Waals surface area contributed by atoms with Crippen molar-refractivity contribution in [2.45, 2.75) is 66.1 Å². The topological polar surface area (TPSA) is 92.2 Å². The standard InChI is InChI=1S/C27H41N7O2/c1-7-27(5,6)34-25(29-30-31-34)24(19(2)3)33(12-11-32-13-15-36-16-14-32)18-22-17-21-10-8-9-20(4)23(21)28-26(22)35/h8-10,17,19,24H,7,11-16,18H2,1-6H3,(H,28,35)/t24-/m1/s1. The number of fused-ring (bicyclic) bond motifs is 1. The van der Waals surface area contributed by atoms with Gasteiger partial charge >= 0.3 is 0 Å². The predicted molar refractivity (Wildman–Crippen MR) is 142 cm³/mol. The molecule has 1 aliphatic heterocycles. The smallest absolute Gasteiger partial charge is 0.252 e. The first-order valence-corrected chi connectivity index (χ1v) is 13.2. The highest BCUT2D eigenvalue weighted by atomic mass is 16.5. The maximum Gasteiger partial charge on any atom is 0.252 e. The molecule has 9 nitrogen and oxygen atoms in total. The number of para-hydroxylation sites is 1. The van der Waals surface area contributed by atoms with Gasteiger partial charge in [-0.2, -0.15) is 0 Å². The summed E-state index contributed by atoms with van der Waals surface area (Å²) < 4.78 is 7.53. The van der Waals surface area contributed by atoms with E-state index in [1.54, 1.807) is 0 Å². The molecule has 9 heteroatoms. The number of tetrazole rings is 1. The molecule has 2 aromatic heterocycles. The molecule has 1 atom stereocenters. The molecule has 1 aromatic carbocycles. The number of rotatable bonds is 10. The van der Waals surface area contributed by atoms with E-state index in [1.807, 2.05) is 29.8 Å². The van der Waals surface area contributed by atoms with Crippen LogP contribution in [-0.4, -0.2) is 74.4 Å². The second kappa shape index (κ2) is 11.2. The fourth-order valence-electron chi connectivity index (χ4n) is 5.02. The fraction of sp³-hybridized carbons (Fsp3) is 0.630. The summed E-state index contributed by atoms with van der Waals surface area (Å²) in [4.78, 5) is 21.2. The molecule has 0 spiro atoms. The molecule has 0 radical (unpaired) electrons. The highest BCUT2D eigenvalue weighted by Gasteiger charge is 2.34. The van der Waals surface area contributed by atoms with Crippen LogP contribution in [0, 0.1) is 12.8 Å². The Hall–Kier alpha value is -2.62. The Balaban J connectivity index is 1.72. The number of aromatic nitrogens is 5. The molecule has 36 heavy (non-hydrogen) atoms. The fourth-order valence-corrected chi connectivity index (χ4v) is 5.02. The number of hydrogen-bond donors (Lipinski definition) is 1. The summed E-state index contributed by atoms with van der Waals surface area (Å²) in [6.45, 7) is 18.5. The lowest BCUT2D eigenvalue weighted by atomic mass is 9.97. The summed E-state index contributed by atoms with van der Waals surface area (Å²) in [6, 6.07) is 8.12. The summed E-state index contributed by atoms with van der Waals surface area (Å²) >= 11 is 0. The van der Waals surface area contributed by atoms with Gasteiger partial charge in [0, 0.05) is 38.3 Å². The largest absolute Gasteiger partial charge is 0.379 e. The Morgan fingerprint density at radius 2 is 1.97 bits per heavy atom. The summed E-state index contributed by atoms with van der Waals surface area (Å²) in [5.41, 5.74) is 2.49. The molecule has 3 aromatic rings. The number of aryl methyl sites for hydroxylation is 1. The lowest BCUT2D eigenvalue weighted by molar-refractivity contribution is 0.0264. The summed E-state index contributed by atoms with van der Waals surface area (Å²) in [5.74, 6) is 1.10. The van der Waals surface area contributed by atoms with E-state index in [0.29, 0.717) is 6.54 Å². The maximum absolute atomic E-state index is 13.2. The molecule has 1 aliphatic rings. The minimum absolute atomic E-state index is 0.0378. The third kappa shape index (κ3) is 5.68. The minimum atomic E-state index is -0.209. The zero-order valence-corrected chi connectivity index (χ0v) is 22.6. The molecule has 1 fully saturated rings. The van der Waals surface area contributed by atoms with Crippen LogP contribution in [0.1, 0.15) is 64.0 Å². The first kappa shape index (κ1) is 26.4. The lowest BCUT2D eigenvalue weighted by Crippen LogP contribution is -2.44. The highest BCUT2D eigenvalue weighted by molar-refractivity contribution is 5.81. The molecule has 0 saturated carbocycles. The van der Waals surface area contributed by atoms with Crippen molar-refractivity contribution in [3.05, 3.63) is 51.6 Å². The third-order valence-electron chi connectivity index (χ3n) is 7.57. The number of H-pyrrole nitrogens is 1. The second-order valence-corrected chi connectivity index (χ2v) is 10.9. The van der Waals surface area contributed by atoms with E-state index in [0.717, 1.165) is 73.7 Å². The van der Waals surface area contributed by atoms with Gasteiger partial charge in [0.2, 0.25) is 0 Å². The van der Waals surface area contributed by atoms with Crippen LogP contribution in [0.3, 0.4) is 0 Å². The van der Waals surface area contributed by atoms with Gasteiger partial charge in [0.05, 0.1) is 30.3 Å². The van der Waals surface area contributed by atoms with Crippen LogP contribution in [0.4, 0.5) is 0 Å². The average Bonchev–Trinajstić information content (AvgIpc) is 3.34. The Kier molecular flexibility index (Phi) is 8.22. The van der Waals surface area contributed by atoms with E-state index >= 15 is 0 Å². The molecular weight excluding hydrogens is 454 g/mol. The van der Waals surface area contributed by atoms with Gasteiger partial charge in [-0.1, -0.05) is 39.0 Å². The van der Waals surface area contributed by atoms with Crippen molar-refractivity contribution >= 4 is 10.9 Å². The van der Waals surface area contributed by atoms with Gasteiger partial charge in [0.1, 0.15) is 0 Å². The minimum Gasteiger partial charge on any atom is -0.379 e. The molecule has 1 N–H and O–H groups in total. The van der Waals surface area contributed by atoms with Gasteiger partial charge in [0.15, 0.2) is 5.82 Å². The zero-order chi connectivity index (χ0) is 25.9. The van der Waals surface area contributed by atoms with Gasteiger partial charge in [0.25, 0.3) is 5.56 Å². The number of hydrogen-bond acceptors (Lipinski definition) is 7. The third-order valence-corrected chi connectivity index (χ3v) is 7.57. The highest BCUT2D eigenvalue weighted by Crippen LogP contribution is 2.32. The number of nitrogens with one attached hydrogen (secondary N) is 1. The first-order valence-electron chi connectivity index (χ1n) is 13.2. The van der Waals surface area contributed by atoms with Gasteiger partial charge in [-0.3, -0.25) is 14.6 Å². The Labute approximate surface area is 213 Å². The molecular formula is C27H41N7O2. The average molecular weight is 496 g/mol. The summed E-state index contributed by atoms with van der Waals surface area (Å²) in [5, 5.41) is 14.1. The van der Waals surface area contributed by atoms with E-state index in [2.05, 4.69) is 71.0 Å². The number of pyridine rings is 1. The van der Waals surface area contributed by atoms with E-state index < -0.39 is 0 Å². The molecule has 0 unspecified atom stereocenters. The van der Waals surface area contributed by atoms with Crippen molar-refractivity contribution < 1.29 is 4.74 Å². The molecule has 0 bridgehead atoms. The Morgan fingerprint density at radius 3 is 2.67 bits per heavy atom. The maximum atomic E-state index is 13.2. The number of benzene rings is 1. The molecule has 3 heterocycles. The van der Waals surface area contributed by atoms with Crippen molar-refractivity contribution in [1.29, 1.82) is 0 Å². The monoisotopic (exact) mass is 495 g/mol. The Bertz CT molecular complexity index is 1210. The summed E-state index contributed by atoms with van der Waals surface area (Å²) in [6.07, 6.45) is 0.910. The van der Waals surface area contributed by atoms with Crippen LogP contribution >= 0.6 is 0 Å². The molecule has 4 rings (SSSR count). The van der Waals surface area contributed by atoms with Gasteiger partial charge in [-0.25, -0.2) is 4.68 Å². The van der Waals surface area contributed by atoms with Crippen molar-refractivity contribution in [1.82, 2.24) is 35.0 Å². The molecule has 0 amide bonds. The zero-order valence-electron chi connectivity index (χ0n) is 22.6. The lowest BCUT2D eigenvalue weighted by Gasteiger charge is -2.37. The second-order valence-electron chi connectivity index (χ2n) is 10.9. The van der Waals surface area contributed by atoms with Crippen molar-refractivity contribution in [2.75, 3.05) is 39.4 Å². The normalized spacial score (nSPS) is 16.3. The van der Waals surface area contributed by atoms with Crippen LogP contribution in [0.5, 0.6) is 0 Å². The van der Waals surface area contributed by atoms with E-state index in [-0.39, 0.29) is 23.1 Å². The molecule has 1 saturated heterocycles. The number of ether oxygens (including phenoxy) is 1. The quantitative estimate of drug-likeness (QED) is 0.460. The van der Waals surface area contributed by atoms with Crippen molar-refractivity contribution in [3.8, 4) is 0 Å². The van der Waals surface area contributed by atoms with Crippen LogP contribution in [-0.2, 0) is 16.8 Å². The van der Waals surface area contributed by atoms with Gasteiger partial charge in [-0.15, -0.1) is 5.10 Å². The van der Waals surface area contributed by atoms with E-state index in [4.69, 9.17) is 4.74 Å². The predicted octanol–water partition coefficient (Wildman–Crippen LogP) is 3.50. The van der Waals surface area contributed by atoms with Crippen LogP contribution in [0.25, 0.3) is 10.9 Å².